The van der Waals surface area contributed by atoms with Crippen LogP contribution in [-0.4, -0.2) is 14.2 Å². The van der Waals surface area contributed by atoms with Gasteiger partial charge in [0.2, 0.25) is 5.75 Å². The third-order valence-corrected chi connectivity index (χ3v) is 2.65. The molecule has 0 radical (unpaired) electrons. The maximum absolute atomic E-state index is 12.9. The Morgan fingerprint density at radius 3 is 2.07 bits per heavy atom. The molecule has 0 amide bonds. The lowest BCUT2D eigenvalue weighted by Crippen LogP contribution is -2.13. The minimum Gasteiger partial charge on any atom is -0.376 e. The second-order valence-electron chi connectivity index (χ2n) is 2.63. The van der Waals surface area contributed by atoms with Crippen LogP contribution in [0, 0.1) is 17.5 Å². The molecule has 0 aliphatic heterocycles. The number of hydrogen-bond donors (Lipinski definition) is 0. The quantitative estimate of drug-likeness (QED) is 0.757. The highest BCUT2D eigenvalue weighted by atomic mass is 32.2. The van der Waals surface area contributed by atoms with Gasteiger partial charge in [0, 0.05) is 12.1 Å². The first-order chi connectivity index (χ1) is 6.85. The van der Waals surface area contributed by atoms with Gasteiger partial charge in [-0.2, -0.15) is 8.42 Å². The normalized spacial score (nSPS) is 11.5. The summed E-state index contributed by atoms with van der Waals surface area (Å²) in [4.78, 5) is 0. The number of halogens is 3. The molecular weight excluding hydrogens is 233 g/mol. The molecule has 15 heavy (non-hydrogen) atoms. The van der Waals surface area contributed by atoms with E-state index in [0.717, 1.165) is 0 Å². The van der Waals surface area contributed by atoms with Crippen molar-refractivity contribution in [3.63, 3.8) is 0 Å². The van der Waals surface area contributed by atoms with Crippen molar-refractivity contribution in [2.75, 3.05) is 5.75 Å². The van der Waals surface area contributed by atoms with Crippen LogP contribution in [0.2, 0.25) is 0 Å². The van der Waals surface area contributed by atoms with E-state index in [9.17, 15) is 21.6 Å². The van der Waals surface area contributed by atoms with Crippen molar-refractivity contribution in [1.82, 2.24) is 0 Å². The average molecular weight is 240 g/mol. The Hall–Kier alpha value is -1.24. The molecule has 1 rings (SSSR count). The Kier molecular flexibility index (Phi) is 3.23. The van der Waals surface area contributed by atoms with E-state index in [0.29, 0.717) is 12.1 Å². The van der Waals surface area contributed by atoms with Gasteiger partial charge in [0.15, 0.2) is 11.6 Å². The Morgan fingerprint density at radius 2 is 1.67 bits per heavy atom. The predicted octanol–water partition coefficient (Wildman–Crippen LogP) is 1.83. The van der Waals surface area contributed by atoms with Gasteiger partial charge in [-0.15, -0.1) is 0 Å². The van der Waals surface area contributed by atoms with Gasteiger partial charge in [0.05, 0.1) is 5.75 Å². The molecule has 0 atom stereocenters. The maximum Gasteiger partial charge on any atom is 0.309 e. The molecule has 0 saturated carbocycles. The maximum atomic E-state index is 12.9. The highest BCUT2D eigenvalue weighted by Crippen LogP contribution is 2.24. The molecule has 0 unspecified atom stereocenters. The fraction of sp³-hybridized carbons (Fsp3) is 0.250. The van der Waals surface area contributed by atoms with Gasteiger partial charge >= 0.3 is 10.1 Å². The summed E-state index contributed by atoms with van der Waals surface area (Å²) >= 11 is 0. The lowest BCUT2D eigenvalue weighted by Gasteiger charge is -2.06. The lowest BCUT2D eigenvalue weighted by atomic mass is 10.3. The first-order valence-electron chi connectivity index (χ1n) is 3.92. The molecule has 0 N–H and O–H groups in total. The van der Waals surface area contributed by atoms with E-state index in [4.69, 9.17) is 0 Å². The zero-order valence-corrected chi connectivity index (χ0v) is 8.45. The molecule has 84 valence electrons. The molecule has 0 heterocycles. The van der Waals surface area contributed by atoms with Crippen LogP contribution in [0.5, 0.6) is 5.75 Å². The summed E-state index contributed by atoms with van der Waals surface area (Å²) < 4.78 is 64.2. The molecule has 1 aromatic carbocycles. The lowest BCUT2D eigenvalue weighted by molar-refractivity contribution is 0.428. The highest BCUT2D eigenvalue weighted by Gasteiger charge is 2.19. The molecule has 0 bridgehead atoms. The SMILES string of the molecule is CCS(=O)(=O)Oc1c(F)cc(F)cc1F. The Bertz CT molecular complexity index is 447. The molecule has 0 aliphatic rings. The van der Waals surface area contributed by atoms with E-state index in [2.05, 4.69) is 4.18 Å². The van der Waals surface area contributed by atoms with Crippen molar-refractivity contribution in [3.8, 4) is 5.75 Å². The highest BCUT2D eigenvalue weighted by molar-refractivity contribution is 7.87. The van der Waals surface area contributed by atoms with Gasteiger partial charge in [0.25, 0.3) is 0 Å². The van der Waals surface area contributed by atoms with Gasteiger partial charge in [-0.1, -0.05) is 0 Å². The van der Waals surface area contributed by atoms with Crippen molar-refractivity contribution >= 4 is 10.1 Å². The fourth-order valence-corrected chi connectivity index (χ4v) is 1.33. The first kappa shape index (κ1) is 11.8. The van der Waals surface area contributed by atoms with Crippen LogP contribution in [0.1, 0.15) is 6.92 Å². The largest absolute Gasteiger partial charge is 0.376 e. The molecule has 7 heteroatoms. The summed E-state index contributed by atoms with van der Waals surface area (Å²) in [6, 6.07) is 0.674. The van der Waals surface area contributed by atoms with E-state index in [1.54, 1.807) is 0 Å². The minimum atomic E-state index is -4.03. The standard InChI is InChI=1S/C8H7F3O3S/c1-2-15(12,13)14-8-6(10)3-5(9)4-7(8)11/h3-4H,2H2,1H3. The van der Waals surface area contributed by atoms with E-state index in [1.165, 1.54) is 6.92 Å². The Morgan fingerprint density at radius 1 is 1.20 bits per heavy atom. The van der Waals surface area contributed by atoms with Crippen LogP contribution in [0.3, 0.4) is 0 Å². The second kappa shape index (κ2) is 4.09. The van der Waals surface area contributed by atoms with Crippen molar-refractivity contribution in [2.24, 2.45) is 0 Å². The van der Waals surface area contributed by atoms with Gasteiger partial charge in [-0.3, -0.25) is 0 Å². The van der Waals surface area contributed by atoms with E-state index in [1.807, 2.05) is 0 Å². The summed E-state index contributed by atoms with van der Waals surface area (Å²) in [6.45, 7) is 1.24. The second-order valence-corrected chi connectivity index (χ2v) is 4.49. The van der Waals surface area contributed by atoms with Crippen molar-refractivity contribution in [2.45, 2.75) is 6.92 Å². The molecule has 0 saturated heterocycles. The number of benzene rings is 1. The first-order valence-corrected chi connectivity index (χ1v) is 5.50. The van der Waals surface area contributed by atoms with Crippen LogP contribution >= 0.6 is 0 Å². The molecule has 1 aromatic rings. The van der Waals surface area contributed by atoms with Crippen LogP contribution in [0.15, 0.2) is 12.1 Å². The van der Waals surface area contributed by atoms with Crippen LogP contribution in [0.4, 0.5) is 13.2 Å². The molecule has 3 nitrogen and oxygen atoms in total. The summed E-state index contributed by atoms with van der Waals surface area (Å²) in [6.07, 6.45) is 0. The monoisotopic (exact) mass is 240 g/mol. The van der Waals surface area contributed by atoms with Crippen molar-refractivity contribution in [1.29, 1.82) is 0 Å². The molecule has 0 aromatic heterocycles. The van der Waals surface area contributed by atoms with Gasteiger partial charge < -0.3 is 4.18 Å². The minimum absolute atomic E-state index is 0.337. The number of hydrogen-bond acceptors (Lipinski definition) is 3. The zero-order chi connectivity index (χ0) is 11.6. The van der Waals surface area contributed by atoms with Crippen LogP contribution in [0.25, 0.3) is 0 Å². The fourth-order valence-electron chi connectivity index (χ4n) is 0.794. The third-order valence-electron chi connectivity index (χ3n) is 1.53. The predicted molar refractivity (Wildman–Crippen MR) is 46.4 cm³/mol. The van der Waals surface area contributed by atoms with Gasteiger partial charge in [-0.25, -0.2) is 13.2 Å². The van der Waals surface area contributed by atoms with Crippen molar-refractivity contribution < 1.29 is 25.8 Å². The summed E-state index contributed by atoms with van der Waals surface area (Å²) in [7, 11) is -4.03. The molecule has 0 aliphatic carbocycles. The molecule has 0 fully saturated rings. The van der Waals surface area contributed by atoms with Gasteiger partial charge in [-0.05, 0) is 6.92 Å². The van der Waals surface area contributed by atoms with Crippen LogP contribution < -0.4 is 4.18 Å². The van der Waals surface area contributed by atoms with Crippen molar-refractivity contribution in [3.05, 3.63) is 29.6 Å². The van der Waals surface area contributed by atoms with E-state index < -0.39 is 39.1 Å². The smallest absolute Gasteiger partial charge is 0.309 e. The van der Waals surface area contributed by atoms with E-state index >= 15 is 0 Å². The van der Waals surface area contributed by atoms with Gasteiger partial charge in [0.1, 0.15) is 5.82 Å². The summed E-state index contributed by atoms with van der Waals surface area (Å²) in [5.41, 5.74) is 0. The third kappa shape index (κ3) is 2.85. The molecule has 0 spiro atoms. The Labute approximate surface area is 84.6 Å². The number of rotatable bonds is 3. The zero-order valence-electron chi connectivity index (χ0n) is 7.63. The summed E-state index contributed by atoms with van der Waals surface area (Å²) in [5, 5.41) is 0. The summed E-state index contributed by atoms with van der Waals surface area (Å²) in [5.74, 6) is -5.50. The van der Waals surface area contributed by atoms with Crippen LogP contribution in [-0.2, 0) is 10.1 Å². The average Bonchev–Trinajstić information content (AvgIpc) is 2.11. The van der Waals surface area contributed by atoms with E-state index in [-0.39, 0.29) is 0 Å². The molecular formula is C8H7F3O3S. The Balaban J connectivity index is 3.17. The topological polar surface area (TPSA) is 43.4 Å².